The monoisotopic (exact) mass is 319 g/mol. The number of hydrogen-bond acceptors (Lipinski definition) is 4. The molecule has 0 aromatic heterocycles. The third-order valence-electron chi connectivity index (χ3n) is 4.32. The number of nitrogens with zero attached hydrogens (tertiary/aromatic N) is 1. The van der Waals surface area contributed by atoms with E-state index in [2.05, 4.69) is 6.92 Å². The summed E-state index contributed by atoms with van der Waals surface area (Å²) in [5.74, 6) is 0.315. The minimum absolute atomic E-state index is 0.155. The molecule has 1 aliphatic heterocycles. The van der Waals surface area contributed by atoms with Gasteiger partial charge < -0.3 is 9.47 Å². The standard InChI is InChI=1S/C18H25NO4/c1-5-6-7-15(17(20)19-8-9-23-18(19)21)16-12(2)10-14(22-4)11-13(16)3/h10-11,15H,5-9H2,1-4H3. The van der Waals surface area contributed by atoms with E-state index in [0.29, 0.717) is 6.54 Å². The fourth-order valence-electron chi connectivity index (χ4n) is 3.18. The van der Waals surface area contributed by atoms with Crippen molar-refractivity contribution in [1.29, 1.82) is 0 Å². The lowest BCUT2D eigenvalue weighted by molar-refractivity contribution is -0.129. The lowest BCUT2D eigenvalue weighted by Crippen LogP contribution is -2.36. The highest BCUT2D eigenvalue weighted by molar-refractivity contribution is 5.97. The highest BCUT2D eigenvalue weighted by Gasteiger charge is 2.35. The molecule has 1 aromatic rings. The molecule has 1 atom stereocenters. The van der Waals surface area contributed by atoms with Gasteiger partial charge in [0.2, 0.25) is 5.91 Å². The molecule has 0 bridgehead atoms. The Bertz CT molecular complexity index is 574. The maximum absolute atomic E-state index is 12.9. The van der Waals surface area contributed by atoms with Crippen LogP contribution in [0.25, 0.3) is 0 Å². The van der Waals surface area contributed by atoms with Crippen LogP contribution in [0.3, 0.4) is 0 Å². The van der Waals surface area contributed by atoms with E-state index in [4.69, 9.17) is 9.47 Å². The Hall–Kier alpha value is -2.04. The zero-order valence-electron chi connectivity index (χ0n) is 14.3. The molecule has 5 nitrogen and oxygen atoms in total. The van der Waals surface area contributed by atoms with E-state index in [0.717, 1.165) is 41.7 Å². The average molecular weight is 319 g/mol. The summed E-state index contributed by atoms with van der Waals surface area (Å²) < 4.78 is 10.2. The van der Waals surface area contributed by atoms with Crippen LogP contribution in [0.15, 0.2) is 12.1 Å². The number of hydrogen-bond donors (Lipinski definition) is 0. The Labute approximate surface area is 137 Å². The van der Waals surface area contributed by atoms with Gasteiger partial charge in [0.25, 0.3) is 0 Å². The maximum Gasteiger partial charge on any atom is 0.416 e. The number of rotatable bonds is 6. The van der Waals surface area contributed by atoms with Gasteiger partial charge in [-0.3, -0.25) is 4.79 Å². The molecular weight excluding hydrogens is 294 g/mol. The van der Waals surface area contributed by atoms with Crippen molar-refractivity contribution in [2.75, 3.05) is 20.3 Å². The molecule has 1 aliphatic rings. The summed E-state index contributed by atoms with van der Waals surface area (Å²) in [5, 5.41) is 0. The topological polar surface area (TPSA) is 55.8 Å². The fourth-order valence-corrected chi connectivity index (χ4v) is 3.18. The van der Waals surface area contributed by atoms with Crippen LogP contribution in [0.4, 0.5) is 4.79 Å². The molecule has 2 rings (SSSR count). The van der Waals surface area contributed by atoms with Crippen LogP contribution < -0.4 is 4.74 Å². The molecule has 1 fully saturated rings. The zero-order valence-corrected chi connectivity index (χ0v) is 14.3. The van der Waals surface area contributed by atoms with Gasteiger partial charge in [0.15, 0.2) is 0 Å². The number of unbranched alkanes of at least 4 members (excludes halogenated alkanes) is 1. The number of imide groups is 1. The summed E-state index contributed by atoms with van der Waals surface area (Å²) in [6.45, 7) is 6.69. The van der Waals surface area contributed by atoms with Crippen molar-refractivity contribution in [2.24, 2.45) is 0 Å². The lowest BCUT2D eigenvalue weighted by Gasteiger charge is -2.24. The maximum atomic E-state index is 12.9. The summed E-state index contributed by atoms with van der Waals surface area (Å²) in [6.07, 6.45) is 2.14. The summed E-state index contributed by atoms with van der Waals surface area (Å²) in [5.41, 5.74) is 3.04. The Morgan fingerprint density at radius 2 is 2.00 bits per heavy atom. The highest BCUT2D eigenvalue weighted by Crippen LogP contribution is 2.33. The molecule has 0 aliphatic carbocycles. The van der Waals surface area contributed by atoms with Gasteiger partial charge in [0.1, 0.15) is 12.4 Å². The minimum Gasteiger partial charge on any atom is -0.497 e. The van der Waals surface area contributed by atoms with Gasteiger partial charge in [0, 0.05) is 0 Å². The third kappa shape index (κ3) is 3.66. The van der Waals surface area contributed by atoms with Crippen LogP contribution in [-0.2, 0) is 9.53 Å². The van der Waals surface area contributed by atoms with Gasteiger partial charge in [-0.15, -0.1) is 0 Å². The number of amides is 2. The van der Waals surface area contributed by atoms with Crippen LogP contribution in [-0.4, -0.2) is 37.2 Å². The predicted octanol–water partition coefficient (Wildman–Crippen LogP) is 3.56. The average Bonchev–Trinajstić information content (AvgIpc) is 2.95. The molecule has 1 aromatic carbocycles. The predicted molar refractivity (Wildman–Crippen MR) is 87.8 cm³/mol. The molecule has 1 saturated heterocycles. The molecule has 0 N–H and O–H groups in total. The van der Waals surface area contributed by atoms with Crippen molar-refractivity contribution in [3.63, 3.8) is 0 Å². The molecule has 1 unspecified atom stereocenters. The number of carbonyl (C=O) groups is 2. The van der Waals surface area contributed by atoms with E-state index in [1.165, 1.54) is 4.90 Å². The Balaban J connectivity index is 2.38. The van der Waals surface area contributed by atoms with Gasteiger partial charge >= 0.3 is 6.09 Å². The molecule has 5 heteroatoms. The van der Waals surface area contributed by atoms with Crippen molar-refractivity contribution >= 4 is 12.0 Å². The van der Waals surface area contributed by atoms with Gasteiger partial charge in [0.05, 0.1) is 19.6 Å². The molecule has 2 amide bonds. The van der Waals surface area contributed by atoms with Crippen LogP contribution in [0.1, 0.15) is 48.8 Å². The number of benzene rings is 1. The van der Waals surface area contributed by atoms with Crippen LogP contribution >= 0.6 is 0 Å². The first-order chi connectivity index (χ1) is 11.0. The minimum atomic E-state index is -0.527. The number of cyclic esters (lactones) is 1. The number of methoxy groups -OCH3 is 1. The quantitative estimate of drug-likeness (QED) is 0.804. The summed E-state index contributed by atoms with van der Waals surface area (Å²) in [6, 6.07) is 3.88. The van der Waals surface area contributed by atoms with Crippen LogP contribution in [0, 0.1) is 13.8 Å². The SMILES string of the molecule is CCCCC(C(=O)N1CCOC1=O)c1c(C)cc(OC)cc1C. The summed E-state index contributed by atoms with van der Waals surface area (Å²) >= 11 is 0. The van der Waals surface area contributed by atoms with E-state index in [1.54, 1.807) is 7.11 Å². The smallest absolute Gasteiger partial charge is 0.416 e. The first-order valence-electron chi connectivity index (χ1n) is 8.12. The van der Waals surface area contributed by atoms with Gasteiger partial charge in [-0.2, -0.15) is 0 Å². The second-order valence-corrected chi connectivity index (χ2v) is 5.97. The summed E-state index contributed by atoms with van der Waals surface area (Å²) in [7, 11) is 1.63. The number of ether oxygens (including phenoxy) is 2. The Kier molecular flexibility index (Phi) is 5.64. The Morgan fingerprint density at radius 3 is 2.48 bits per heavy atom. The second kappa shape index (κ2) is 7.49. The van der Waals surface area contributed by atoms with Crippen LogP contribution in [0.5, 0.6) is 5.75 Å². The molecule has 23 heavy (non-hydrogen) atoms. The molecule has 1 heterocycles. The molecular formula is C18H25NO4. The van der Waals surface area contributed by atoms with Gasteiger partial charge in [-0.1, -0.05) is 19.8 Å². The van der Waals surface area contributed by atoms with Crippen molar-refractivity contribution in [3.05, 3.63) is 28.8 Å². The second-order valence-electron chi connectivity index (χ2n) is 5.97. The first-order valence-corrected chi connectivity index (χ1v) is 8.12. The molecule has 0 saturated carbocycles. The van der Waals surface area contributed by atoms with Gasteiger partial charge in [-0.25, -0.2) is 9.69 Å². The third-order valence-corrected chi connectivity index (χ3v) is 4.32. The van der Waals surface area contributed by atoms with Crippen molar-refractivity contribution < 1.29 is 19.1 Å². The van der Waals surface area contributed by atoms with Crippen molar-refractivity contribution in [1.82, 2.24) is 4.90 Å². The molecule has 0 spiro atoms. The van der Waals surface area contributed by atoms with Crippen molar-refractivity contribution in [3.8, 4) is 5.75 Å². The molecule has 126 valence electrons. The van der Waals surface area contributed by atoms with E-state index in [-0.39, 0.29) is 18.4 Å². The lowest BCUT2D eigenvalue weighted by atomic mass is 9.86. The van der Waals surface area contributed by atoms with Crippen LogP contribution in [0.2, 0.25) is 0 Å². The Morgan fingerprint density at radius 1 is 1.35 bits per heavy atom. The molecule has 0 radical (unpaired) electrons. The number of aryl methyl sites for hydroxylation is 2. The van der Waals surface area contributed by atoms with E-state index >= 15 is 0 Å². The normalized spacial score (nSPS) is 15.5. The number of carbonyl (C=O) groups excluding carboxylic acids is 2. The van der Waals surface area contributed by atoms with E-state index < -0.39 is 6.09 Å². The zero-order chi connectivity index (χ0) is 17.0. The van der Waals surface area contributed by atoms with Crippen molar-refractivity contribution in [2.45, 2.75) is 46.0 Å². The first kappa shape index (κ1) is 17.3. The van der Waals surface area contributed by atoms with Gasteiger partial charge in [-0.05, 0) is 49.1 Å². The largest absolute Gasteiger partial charge is 0.497 e. The highest BCUT2D eigenvalue weighted by atomic mass is 16.6. The van der Waals surface area contributed by atoms with E-state index in [1.807, 2.05) is 26.0 Å². The summed E-state index contributed by atoms with van der Waals surface area (Å²) in [4.78, 5) is 25.9. The van der Waals surface area contributed by atoms with E-state index in [9.17, 15) is 9.59 Å². The fraction of sp³-hybridized carbons (Fsp3) is 0.556.